The summed E-state index contributed by atoms with van der Waals surface area (Å²) < 4.78 is 4.98. The van der Waals surface area contributed by atoms with Gasteiger partial charge in [-0.25, -0.2) is 4.79 Å². The molecule has 7 nitrogen and oxygen atoms in total. The minimum absolute atomic E-state index is 0.0668. The van der Waals surface area contributed by atoms with Crippen molar-refractivity contribution in [1.29, 1.82) is 0 Å². The van der Waals surface area contributed by atoms with Gasteiger partial charge >= 0.3 is 5.97 Å². The molecule has 0 radical (unpaired) electrons. The van der Waals surface area contributed by atoms with Crippen molar-refractivity contribution in [2.75, 3.05) is 5.32 Å². The van der Waals surface area contributed by atoms with Crippen LogP contribution in [0, 0.1) is 20.8 Å². The zero-order chi connectivity index (χ0) is 14.9. The Balaban J connectivity index is 2.15. The summed E-state index contributed by atoms with van der Waals surface area (Å²) in [7, 11) is 0. The van der Waals surface area contributed by atoms with Crippen molar-refractivity contribution in [1.82, 2.24) is 10.1 Å². The molecule has 0 bridgehead atoms. The molecule has 0 spiro atoms. The summed E-state index contributed by atoms with van der Waals surface area (Å²) in [5, 5.41) is 15.5. The maximum Gasteiger partial charge on any atom is 0.339 e. The van der Waals surface area contributed by atoms with E-state index in [1.54, 1.807) is 20.8 Å². The average molecular weight is 277 g/mol. The van der Waals surface area contributed by atoms with Crippen molar-refractivity contribution >= 4 is 17.6 Å². The van der Waals surface area contributed by atoms with E-state index in [1.807, 2.05) is 0 Å². The van der Waals surface area contributed by atoms with Gasteiger partial charge in [0.15, 0.2) is 0 Å². The number of rotatable bonds is 4. The summed E-state index contributed by atoms with van der Waals surface area (Å²) in [5.74, 6) is -0.821. The number of anilines is 1. The van der Waals surface area contributed by atoms with Gasteiger partial charge in [-0.3, -0.25) is 4.79 Å². The fraction of sp³-hybridized carbons (Fsp3) is 0.308. The quantitative estimate of drug-likeness (QED) is 0.789. The minimum Gasteiger partial charge on any atom is -0.478 e. The van der Waals surface area contributed by atoms with E-state index in [9.17, 15) is 9.59 Å². The van der Waals surface area contributed by atoms with Crippen LogP contribution in [0.1, 0.15) is 33.1 Å². The van der Waals surface area contributed by atoms with E-state index in [2.05, 4.69) is 15.5 Å². The summed E-state index contributed by atoms with van der Waals surface area (Å²) in [4.78, 5) is 25.9. The molecular formula is C13H15N3O4. The van der Waals surface area contributed by atoms with E-state index >= 15 is 0 Å². The van der Waals surface area contributed by atoms with Gasteiger partial charge in [-0.05, 0) is 20.8 Å². The summed E-state index contributed by atoms with van der Waals surface area (Å²) >= 11 is 0. The number of amides is 1. The third kappa shape index (κ3) is 2.56. The van der Waals surface area contributed by atoms with E-state index in [1.165, 1.54) is 6.20 Å². The normalized spacial score (nSPS) is 10.6. The number of H-pyrrole nitrogens is 1. The Morgan fingerprint density at radius 3 is 2.65 bits per heavy atom. The molecular weight excluding hydrogens is 262 g/mol. The average Bonchev–Trinajstić information content (AvgIpc) is 2.87. The second-order valence-corrected chi connectivity index (χ2v) is 4.54. The highest BCUT2D eigenvalue weighted by molar-refractivity contribution is 6.01. The van der Waals surface area contributed by atoms with Crippen LogP contribution in [-0.4, -0.2) is 27.1 Å². The molecule has 0 fully saturated rings. The van der Waals surface area contributed by atoms with E-state index in [-0.39, 0.29) is 23.6 Å². The molecule has 0 saturated carbocycles. The van der Waals surface area contributed by atoms with Gasteiger partial charge < -0.3 is 19.9 Å². The molecule has 0 aliphatic heterocycles. The first-order valence-electron chi connectivity index (χ1n) is 6.03. The zero-order valence-electron chi connectivity index (χ0n) is 11.4. The van der Waals surface area contributed by atoms with E-state index < -0.39 is 5.97 Å². The number of aromatic carboxylic acids is 1. The molecule has 0 aliphatic carbocycles. The Bertz CT molecular complexity index is 650. The molecule has 2 heterocycles. The number of aryl methyl sites for hydroxylation is 3. The summed E-state index contributed by atoms with van der Waals surface area (Å²) in [6.07, 6.45) is 1.55. The molecule has 0 atom stereocenters. The molecule has 0 aliphatic rings. The SMILES string of the molecule is Cc1noc(C)c1CC(=O)Nc1c[nH]c(C)c1C(=O)O. The lowest BCUT2D eigenvalue weighted by atomic mass is 10.1. The highest BCUT2D eigenvalue weighted by Gasteiger charge is 2.19. The van der Waals surface area contributed by atoms with Crippen LogP contribution in [0.15, 0.2) is 10.7 Å². The monoisotopic (exact) mass is 277 g/mol. The molecule has 2 rings (SSSR count). The smallest absolute Gasteiger partial charge is 0.339 e. The lowest BCUT2D eigenvalue weighted by Crippen LogP contribution is -2.16. The molecule has 2 aromatic rings. The number of nitrogens with one attached hydrogen (secondary N) is 2. The molecule has 1 amide bonds. The topological polar surface area (TPSA) is 108 Å². The Kier molecular flexibility index (Phi) is 3.60. The molecule has 0 aromatic carbocycles. The summed E-state index contributed by atoms with van der Waals surface area (Å²) in [6, 6.07) is 0. The number of hydrogen-bond donors (Lipinski definition) is 3. The lowest BCUT2D eigenvalue weighted by Gasteiger charge is -2.04. The highest BCUT2D eigenvalue weighted by Crippen LogP contribution is 2.20. The number of nitrogens with zero attached hydrogens (tertiary/aromatic N) is 1. The minimum atomic E-state index is -1.09. The predicted molar refractivity (Wildman–Crippen MR) is 70.8 cm³/mol. The lowest BCUT2D eigenvalue weighted by molar-refractivity contribution is -0.115. The van der Waals surface area contributed by atoms with Gasteiger partial charge in [0, 0.05) is 17.5 Å². The standard InChI is InChI=1S/C13H15N3O4/c1-6-9(8(3)20-16-6)4-11(17)15-10-5-14-7(2)12(10)13(18)19/h5,14H,4H2,1-3H3,(H,15,17)(H,18,19). The fourth-order valence-corrected chi connectivity index (χ4v) is 2.01. The van der Waals surface area contributed by atoms with Crippen LogP contribution in [0.25, 0.3) is 0 Å². The molecule has 7 heteroatoms. The first-order valence-corrected chi connectivity index (χ1v) is 6.03. The summed E-state index contributed by atoms with van der Waals surface area (Å²) in [5.41, 5.74) is 2.18. The fourth-order valence-electron chi connectivity index (χ4n) is 2.01. The van der Waals surface area contributed by atoms with Crippen molar-refractivity contribution in [3.63, 3.8) is 0 Å². The summed E-state index contributed by atoms with van der Waals surface area (Å²) in [6.45, 7) is 5.11. The van der Waals surface area contributed by atoms with Gasteiger partial charge in [-0.15, -0.1) is 0 Å². The van der Waals surface area contributed by atoms with E-state index in [0.29, 0.717) is 22.7 Å². The Hall–Kier alpha value is -2.57. The van der Waals surface area contributed by atoms with Crippen molar-refractivity contribution in [2.24, 2.45) is 0 Å². The second kappa shape index (κ2) is 5.20. The van der Waals surface area contributed by atoms with Crippen molar-refractivity contribution in [3.8, 4) is 0 Å². The van der Waals surface area contributed by atoms with E-state index in [4.69, 9.17) is 9.63 Å². The number of carboxylic acids is 1. The molecule has 3 N–H and O–H groups in total. The van der Waals surface area contributed by atoms with Crippen LogP contribution < -0.4 is 5.32 Å². The highest BCUT2D eigenvalue weighted by atomic mass is 16.5. The van der Waals surface area contributed by atoms with Gasteiger partial charge in [0.1, 0.15) is 11.3 Å². The zero-order valence-corrected chi connectivity index (χ0v) is 11.4. The van der Waals surface area contributed by atoms with Crippen LogP contribution in [0.4, 0.5) is 5.69 Å². The number of carboxylic acid groups (broad SMARTS) is 1. The van der Waals surface area contributed by atoms with Crippen molar-refractivity contribution < 1.29 is 19.2 Å². The maximum absolute atomic E-state index is 12.0. The van der Waals surface area contributed by atoms with Crippen LogP contribution in [0.2, 0.25) is 0 Å². The third-order valence-electron chi connectivity index (χ3n) is 3.08. The van der Waals surface area contributed by atoms with E-state index in [0.717, 1.165) is 0 Å². The van der Waals surface area contributed by atoms with Gasteiger partial charge in [-0.2, -0.15) is 0 Å². The van der Waals surface area contributed by atoms with Gasteiger partial charge in [0.25, 0.3) is 0 Å². The Morgan fingerprint density at radius 2 is 2.10 bits per heavy atom. The molecule has 20 heavy (non-hydrogen) atoms. The Morgan fingerprint density at radius 1 is 1.40 bits per heavy atom. The molecule has 0 unspecified atom stereocenters. The van der Waals surface area contributed by atoms with Gasteiger partial charge in [0.2, 0.25) is 5.91 Å². The second-order valence-electron chi connectivity index (χ2n) is 4.54. The number of hydrogen-bond acceptors (Lipinski definition) is 4. The van der Waals surface area contributed by atoms with Crippen LogP contribution >= 0.6 is 0 Å². The van der Waals surface area contributed by atoms with Gasteiger partial charge in [-0.1, -0.05) is 5.16 Å². The first-order chi connectivity index (χ1) is 9.40. The van der Waals surface area contributed by atoms with Gasteiger partial charge in [0.05, 0.1) is 17.8 Å². The van der Waals surface area contributed by atoms with Crippen molar-refractivity contribution in [2.45, 2.75) is 27.2 Å². The number of aromatic amines is 1. The van der Waals surface area contributed by atoms with Crippen LogP contribution in [0.3, 0.4) is 0 Å². The molecule has 106 valence electrons. The largest absolute Gasteiger partial charge is 0.478 e. The van der Waals surface area contributed by atoms with Crippen LogP contribution in [-0.2, 0) is 11.2 Å². The predicted octanol–water partition coefficient (Wildman–Crippen LogP) is 1.81. The third-order valence-corrected chi connectivity index (χ3v) is 3.08. The van der Waals surface area contributed by atoms with Crippen LogP contribution in [0.5, 0.6) is 0 Å². The number of carbonyl (C=O) groups excluding carboxylic acids is 1. The maximum atomic E-state index is 12.0. The molecule has 2 aromatic heterocycles. The molecule has 0 saturated heterocycles. The Labute approximate surface area is 115 Å². The number of aromatic nitrogens is 2. The number of carbonyl (C=O) groups is 2. The first kappa shape index (κ1) is 13.9. The van der Waals surface area contributed by atoms with Crippen molar-refractivity contribution in [3.05, 3.63) is 34.5 Å².